The van der Waals surface area contributed by atoms with E-state index in [0.717, 1.165) is 9.87 Å². The molecule has 11 heteroatoms. The first-order chi connectivity index (χ1) is 19.2. The van der Waals surface area contributed by atoms with Gasteiger partial charge in [-0.3, -0.25) is 13.9 Å². The van der Waals surface area contributed by atoms with Gasteiger partial charge < -0.3 is 10.2 Å². The molecule has 0 aliphatic heterocycles. The highest BCUT2D eigenvalue weighted by molar-refractivity contribution is 7.92. The number of hydrogen-bond donors (Lipinski definition) is 1. The molecule has 2 amide bonds. The molecule has 3 aromatic rings. The van der Waals surface area contributed by atoms with E-state index in [-0.39, 0.29) is 23.4 Å². The minimum atomic E-state index is -4.19. The number of amides is 2. The van der Waals surface area contributed by atoms with Gasteiger partial charge in [0.25, 0.3) is 10.0 Å². The molecule has 0 unspecified atom stereocenters. The maximum Gasteiger partial charge on any atom is 0.264 e. The SMILES string of the molecule is CC[C@@H](C(=O)NC(C)C)N(Cc1ccc(Cl)cc1Cl)C(=O)CN(c1ccc(Cl)cc1C)S(=O)(=O)c1ccc(C)cc1. The highest BCUT2D eigenvalue weighted by atomic mass is 35.5. The first-order valence-corrected chi connectivity index (χ1v) is 15.7. The van der Waals surface area contributed by atoms with E-state index in [4.69, 9.17) is 34.8 Å². The fourth-order valence-electron chi connectivity index (χ4n) is 4.38. The molecule has 41 heavy (non-hydrogen) atoms. The second kappa shape index (κ2) is 13.9. The van der Waals surface area contributed by atoms with Crippen molar-refractivity contribution in [1.82, 2.24) is 10.2 Å². The molecular formula is C30H34Cl3N3O4S. The number of benzene rings is 3. The van der Waals surface area contributed by atoms with Crippen LogP contribution in [-0.2, 0) is 26.2 Å². The van der Waals surface area contributed by atoms with Gasteiger partial charge in [0.05, 0.1) is 10.6 Å². The average molecular weight is 639 g/mol. The zero-order chi connectivity index (χ0) is 30.5. The van der Waals surface area contributed by atoms with Crippen LogP contribution >= 0.6 is 34.8 Å². The van der Waals surface area contributed by atoms with Gasteiger partial charge in [0, 0.05) is 27.7 Å². The molecule has 1 N–H and O–H groups in total. The van der Waals surface area contributed by atoms with Gasteiger partial charge in [-0.15, -0.1) is 0 Å². The summed E-state index contributed by atoms with van der Waals surface area (Å²) in [5.74, 6) is -0.927. The van der Waals surface area contributed by atoms with Crippen molar-refractivity contribution in [2.45, 2.75) is 64.6 Å². The maximum atomic E-state index is 14.2. The van der Waals surface area contributed by atoms with E-state index in [2.05, 4.69) is 5.32 Å². The summed E-state index contributed by atoms with van der Waals surface area (Å²) in [5, 5.41) is 4.05. The molecule has 1 atom stereocenters. The van der Waals surface area contributed by atoms with E-state index < -0.39 is 28.5 Å². The number of rotatable bonds is 11. The lowest BCUT2D eigenvalue weighted by Gasteiger charge is -2.34. The van der Waals surface area contributed by atoms with E-state index in [1.807, 2.05) is 20.8 Å². The fourth-order valence-corrected chi connectivity index (χ4v) is 6.56. The second-order valence-corrected chi connectivity index (χ2v) is 13.2. The van der Waals surface area contributed by atoms with Gasteiger partial charge in [0.2, 0.25) is 11.8 Å². The van der Waals surface area contributed by atoms with Crippen LogP contribution in [0.2, 0.25) is 15.1 Å². The van der Waals surface area contributed by atoms with Crippen molar-refractivity contribution in [3.63, 3.8) is 0 Å². The summed E-state index contributed by atoms with van der Waals surface area (Å²) in [6.07, 6.45) is 0.292. The molecule has 0 heterocycles. The maximum absolute atomic E-state index is 14.2. The summed E-state index contributed by atoms with van der Waals surface area (Å²) < 4.78 is 29.1. The Morgan fingerprint density at radius 1 is 0.902 bits per heavy atom. The molecule has 3 aromatic carbocycles. The Morgan fingerprint density at radius 2 is 1.51 bits per heavy atom. The van der Waals surface area contributed by atoms with Crippen LogP contribution in [0.3, 0.4) is 0 Å². The Morgan fingerprint density at radius 3 is 2.07 bits per heavy atom. The van der Waals surface area contributed by atoms with Crippen molar-refractivity contribution < 1.29 is 18.0 Å². The van der Waals surface area contributed by atoms with Crippen LogP contribution in [0, 0.1) is 13.8 Å². The number of aryl methyl sites for hydroxylation is 2. The molecule has 0 fully saturated rings. The molecule has 3 rings (SSSR count). The molecule has 0 saturated carbocycles. The predicted molar refractivity (Wildman–Crippen MR) is 166 cm³/mol. The molecule has 0 radical (unpaired) electrons. The number of carbonyl (C=O) groups is 2. The summed E-state index contributed by atoms with van der Waals surface area (Å²) in [7, 11) is -4.19. The quantitative estimate of drug-likeness (QED) is 0.251. The summed E-state index contributed by atoms with van der Waals surface area (Å²) in [6, 6.07) is 15.0. The summed E-state index contributed by atoms with van der Waals surface area (Å²) in [6.45, 7) is 8.43. The van der Waals surface area contributed by atoms with Crippen molar-refractivity contribution in [1.29, 1.82) is 0 Å². The zero-order valence-electron chi connectivity index (χ0n) is 23.6. The molecule has 0 aliphatic carbocycles. The van der Waals surface area contributed by atoms with Gasteiger partial charge in [-0.05, 0) is 87.7 Å². The highest BCUT2D eigenvalue weighted by Crippen LogP contribution is 2.30. The van der Waals surface area contributed by atoms with Crippen LogP contribution in [0.25, 0.3) is 0 Å². The summed E-state index contributed by atoms with van der Waals surface area (Å²) >= 11 is 18.7. The van der Waals surface area contributed by atoms with E-state index in [0.29, 0.717) is 38.3 Å². The minimum absolute atomic E-state index is 0.0298. The van der Waals surface area contributed by atoms with Crippen LogP contribution in [0.4, 0.5) is 5.69 Å². The third-order valence-corrected chi connectivity index (χ3v) is 9.08. The molecular weight excluding hydrogens is 605 g/mol. The third kappa shape index (κ3) is 8.16. The van der Waals surface area contributed by atoms with Gasteiger partial charge >= 0.3 is 0 Å². The standard InChI is InChI=1S/C30H34Cl3N3O4S/c1-6-27(30(38)34-19(2)3)35(17-22-9-10-24(32)16-26(22)33)29(37)18-36(28-14-11-23(31)15-21(28)5)41(39,40)25-12-7-20(4)8-13-25/h7-16,19,27H,6,17-18H2,1-5H3,(H,34,38)/t27-/m0/s1. The van der Waals surface area contributed by atoms with Gasteiger partial charge in [-0.25, -0.2) is 8.42 Å². The third-order valence-electron chi connectivity index (χ3n) is 6.49. The summed E-state index contributed by atoms with van der Waals surface area (Å²) in [4.78, 5) is 28.8. The Kier molecular flexibility index (Phi) is 11.1. The van der Waals surface area contributed by atoms with Crippen molar-refractivity contribution in [3.05, 3.63) is 92.4 Å². The van der Waals surface area contributed by atoms with E-state index in [1.54, 1.807) is 62.4 Å². The van der Waals surface area contributed by atoms with Gasteiger partial charge in [-0.1, -0.05) is 65.5 Å². The number of carbonyl (C=O) groups excluding carboxylic acids is 2. The number of nitrogens with one attached hydrogen (secondary N) is 1. The monoisotopic (exact) mass is 637 g/mol. The highest BCUT2D eigenvalue weighted by Gasteiger charge is 2.34. The van der Waals surface area contributed by atoms with E-state index in [1.165, 1.54) is 17.0 Å². The van der Waals surface area contributed by atoms with Crippen LogP contribution < -0.4 is 9.62 Å². The smallest absolute Gasteiger partial charge is 0.264 e. The topological polar surface area (TPSA) is 86.8 Å². The zero-order valence-corrected chi connectivity index (χ0v) is 26.7. The van der Waals surface area contributed by atoms with Gasteiger partial charge in [0.1, 0.15) is 12.6 Å². The summed E-state index contributed by atoms with van der Waals surface area (Å²) in [5.41, 5.74) is 2.32. The largest absolute Gasteiger partial charge is 0.352 e. The Bertz CT molecular complexity index is 1510. The van der Waals surface area contributed by atoms with Crippen molar-refractivity contribution >= 4 is 62.3 Å². The van der Waals surface area contributed by atoms with E-state index in [9.17, 15) is 18.0 Å². The number of anilines is 1. The lowest BCUT2D eigenvalue weighted by atomic mass is 10.1. The normalized spacial score (nSPS) is 12.2. The number of hydrogen-bond acceptors (Lipinski definition) is 4. The fraction of sp³-hybridized carbons (Fsp3) is 0.333. The van der Waals surface area contributed by atoms with Crippen molar-refractivity contribution in [2.75, 3.05) is 10.8 Å². The van der Waals surface area contributed by atoms with Crippen molar-refractivity contribution in [3.8, 4) is 0 Å². The first-order valence-electron chi connectivity index (χ1n) is 13.1. The Balaban J connectivity index is 2.12. The van der Waals surface area contributed by atoms with Crippen LogP contribution in [0.1, 0.15) is 43.9 Å². The van der Waals surface area contributed by atoms with Crippen LogP contribution in [-0.4, -0.2) is 43.8 Å². The number of halogens is 3. The first kappa shape index (κ1) is 32.7. The molecule has 220 valence electrons. The number of sulfonamides is 1. The average Bonchev–Trinajstić information content (AvgIpc) is 2.88. The number of nitrogens with zero attached hydrogens (tertiary/aromatic N) is 2. The lowest BCUT2D eigenvalue weighted by molar-refractivity contribution is -0.140. The van der Waals surface area contributed by atoms with Gasteiger partial charge in [0.15, 0.2) is 0 Å². The molecule has 0 aromatic heterocycles. The van der Waals surface area contributed by atoms with Gasteiger partial charge in [-0.2, -0.15) is 0 Å². The molecule has 0 spiro atoms. The minimum Gasteiger partial charge on any atom is -0.352 e. The van der Waals surface area contributed by atoms with Crippen molar-refractivity contribution in [2.24, 2.45) is 0 Å². The lowest BCUT2D eigenvalue weighted by Crippen LogP contribution is -2.53. The molecule has 0 bridgehead atoms. The second-order valence-electron chi connectivity index (χ2n) is 10.1. The van der Waals surface area contributed by atoms with Crippen LogP contribution in [0.15, 0.2) is 65.6 Å². The molecule has 7 nitrogen and oxygen atoms in total. The van der Waals surface area contributed by atoms with E-state index >= 15 is 0 Å². The predicted octanol–water partition coefficient (Wildman–Crippen LogP) is 6.79. The van der Waals surface area contributed by atoms with Crippen LogP contribution in [0.5, 0.6) is 0 Å². The Hall–Kier alpha value is -2.78. The molecule has 0 aliphatic rings. The molecule has 0 saturated heterocycles. The Labute approximate surface area is 257 Å².